The van der Waals surface area contributed by atoms with E-state index in [1.807, 2.05) is 13.1 Å². The molecule has 2 unspecified atom stereocenters. The van der Waals surface area contributed by atoms with Crippen LogP contribution in [0.25, 0.3) is 0 Å². The van der Waals surface area contributed by atoms with Crippen LogP contribution in [0.15, 0.2) is 12.3 Å². The third kappa shape index (κ3) is 2.17. The van der Waals surface area contributed by atoms with Crippen LogP contribution in [0, 0.1) is 12.8 Å². The highest BCUT2D eigenvalue weighted by atomic mass is 35.5. The molecule has 2 rings (SSSR count). The Labute approximate surface area is 103 Å². The predicted octanol–water partition coefficient (Wildman–Crippen LogP) is 3.36. The van der Waals surface area contributed by atoms with Gasteiger partial charge >= 0.3 is 0 Å². The van der Waals surface area contributed by atoms with Gasteiger partial charge in [0.05, 0.1) is 5.88 Å². The van der Waals surface area contributed by atoms with Crippen molar-refractivity contribution in [2.75, 3.05) is 11.4 Å². The number of nitrogens with zero attached hydrogens (tertiary/aromatic N) is 2. The van der Waals surface area contributed by atoms with Crippen LogP contribution in [0.2, 0.25) is 0 Å². The van der Waals surface area contributed by atoms with Gasteiger partial charge in [0.15, 0.2) is 0 Å². The molecule has 1 saturated heterocycles. The highest BCUT2D eigenvalue weighted by Gasteiger charge is 2.27. The summed E-state index contributed by atoms with van der Waals surface area (Å²) in [7, 11) is 0. The molecule has 0 aliphatic carbocycles. The van der Waals surface area contributed by atoms with Gasteiger partial charge in [0.1, 0.15) is 0 Å². The lowest BCUT2D eigenvalue weighted by atomic mass is 10.1. The first-order valence-corrected chi connectivity index (χ1v) is 6.43. The number of hydrogen-bond acceptors (Lipinski definition) is 2. The molecule has 1 aliphatic heterocycles. The third-order valence-electron chi connectivity index (χ3n) is 3.34. The molecule has 16 heavy (non-hydrogen) atoms. The Balaban J connectivity index is 2.35. The summed E-state index contributed by atoms with van der Waals surface area (Å²) in [6.45, 7) is 7.77. The SMILES string of the molecule is Cc1cc(N2CC(C)CC2C)c(CCl)cn1. The Morgan fingerprint density at radius 3 is 2.81 bits per heavy atom. The van der Waals surface area contributed by atoms with Crippen molar-refractivity contribution in [2.24, 2.45) is 5.92 Å². The lowest BCUT2D eigenvalue weighted by molar-refractivity contribution is 0.625. The van der Waals surface area contributed by atoms with Gasteiger partial charge in [-0.15, -0.1) is 11.6 Å². The van der Waals surface area contributed by atoms with Crippen molar-refractivity contribution in [2.45, 2.75) is 39.1 Å². The van der Waals surface area contributed by atoms with Crippen LogP contribution >= 0.6 is 11.6 Å². The van der Waals surface area contributed by atoms with E-state index in [0.29, 0.717) is 11.9 Å². The number of pyridine rings is 1. The van der Waals surface area contributed by atoms with E-state index in [1.54, 1.807) is 0 Å². The first kappa shape index (κ1) is 11.7. The number of anilines is 1. The van der Waals surface area contributed by atoms with Gasteiger partial charge < -0.3 is 4.90 Å². The molecule has 1 aliphatic rings. The lowest BCUT2D eigenvalue weighted by Gasteiger charge is -2.26. The average Bonchev–Trinajstić information content (AvgIpc) is 2.57. The number of halogens is 1. The van der Waals surface area contributed by atoms with Crippen molar-refractivity contribution < 1.29 is 0 Å². The standard InChI is InChI=1S/C13H19ClN2/c1-9-4-11(3)16(8-9)13-5-10(2)15-7-12(13)6-14/h5,7,9,11H,4,6,8H2,1-3H3. The largest absolute Gasteiger partial charge is 0.368 e. The quantitative estimate of drug-likeness (QED) is 0.735. The summed E-state index contributed by atoms with van der Waals surface area (Å²) in [5.41, 5.74) is 3.49. The van der Waals surface area contributed by atoms with Crippen LogP contribution in [-0.2, 0) is 5.88 Å². The Kier molecular flexibility index (Phi) is 3.38. The minimum Gasteiger partial charge on any atom is -0.368 e. The molecule has 88 valence electrons. The fourth-order valence-electron chi connectivity index (χ4n) is 2.58. The summed E-state index contributed by atoms with van der Waals surface area (Å²) in [6.07, 6.45) is 3.18. The molecule has 0 saturated carbocycles. The second-order valence-electron chi connectivity index (χ2n) is 4.93. The molecule has 1 fully saturated rings. The molecule has 0 amide bonds. The van der Waals surface area contributed by atoms with Gasteiger partial charge in [-0.2, -0.15) is 0 Å². The van der Waals surface area contributed by atoms with E-state index in [-0.39, 0.29) is 0 Å². The van der Waals surface area contributed by atoms with Gasteiger partial charge in [-0.1, -0.05) is 6.92 Å². The van der Waals surface area contributed by atoms with Gasteiger partial charge in [0.2, 0.25) is 0 Å². The van der Waals surface area contributed by atoms with E-state index in [0.717, 1.165) is 23.7 Å². The van der Waals surface area contributed by atoms with E-state index >= 15 is 0 Å². The second-order valence-corrected chi connectivity index (χ2v) is 5.20. The van der Waals surface area contributed by atoms with Crippen LogP contribution < -0.4 is 4.90 Å². The van der Waals surface area contributed by atoms with E-state index in [4.69, 9.17) is 11.6 Å². The van der Waals surface area contributed by atoms with Crippen molar-refractivity contribution in [3.63, 3.8) is 0 Å². The van der Waals surface area contributed by atoms with Gasteiger partial charge in [0.25, 0.3) is 0 Å². The van der Waals surface area contributed by atoms with Crippen molar-refractivity contribution in [3.8, 4) is 0 Å². The minimum absolute atomic E-state index is 0.542. The molecular formula is C13H19ClN2. The van der Waals surface area contributed by atoms with E-state index < -0.39 is 0 Å². The predicted molar refractivity (Wildman–Crippen MR) is 69.1 cm³/mol. The molecular weight excluding hydrogens is 220 g/mol. The van der Waals surface area contributed by atoms with Crippen molar-refractivity contribution in [1.82, 2.24) is 4.98 Å². The minimum atomic E-state index is 0.542. The number of aromatic nitrogens is 1. The number of aryl methyl sites for hydroxylation is 1. The number of alkyl halides is 1. The zero-order chi connectivity index (χ0) is 11.7. The monoisotopic (exact) mass is 238 g/mol. The molecule has 2 nitrogen and oxygen atoms in total. The Hall–Kier alpha value is -0.760. The van der Waals surface area contributed by atoms with Crippen LogP contribution in [0.5, 0.6) is 0 Å². The van der Waals surface area contributed by atoms with Gasteiger partial charge in [-0.3, -0.25) is 4.98 Å². The molecule has 0 spiro atoms. The van der Waals surface area contributed by atoms with E-state index in [1.165, 1.54) is 12.1 Å². The van der Waals surface area contributed by atoms with Crippen molar-refractivity contribution >= 4 is 17.3 Å². The molecule has 3 heteroatoms. The van der Waals surface area contributed by atoms with Gasteiger partial charge in [0, 0.05) is 35.7 Å². The number of hydrogen-bond donors (Lipinski definition) is 0. The maximum absolute atomic E-state index is 5.98. The maximum atomic E-state index is 5.98. The smallest absolute Gasteiger partial charge is 0.0509 e. The van der Waals surface area contributed by atoms with Crippen LogP contribution in [0.4, 0.5) is 5.69 Å². The number of rotatable bonds is 2. The Bertz CT molecular complexity index is 378. The first-order valence-electron chi connectivity index (χ1n) is 5.90. The molecule has 1 aromatic rings. The fourth-order valence-corrected chi connectivity index (χ4v) is 2.79. The molecule has 0 bridgehead atoms. The summed E-state index contributed by atoms with van der Waals surface area (Å²) in [6, 6.07) is 2.77. The zero-order valence-electron chi connectivity index (χ0n) is 10.2. The van der Waals surface area contributed by atoms with E-state index in [9.17, 15) is 0 Å². The third-order valence-corrected chi connectivity index (χ3v) is 3.62. The summed E-state index contributed by atoms with van der Waals surface area (Å²) in [4.78, 5) is 6.78. The average molecular weight is 239 g/mol. The van der Waals surface area contributed by atoms with Crippen LogP contribution in [0.1, 0.15) is 31.5 Å². The summed E-state index contributed by atoms with van der Waals surface area (Å²) < 4.78 is 0. The second kappa shape index (κ2) is 4.62. The van der Waals surface area contributed by atoms with Crippen LogP contribution in [0.3, 0.4) is 0 Å². The fraction of sp³-hybridized carbons (Fsp3) is 0.615. The Morgan fingerprint density at radius 2 is 2.25 bits per heavy atom. The van der Waals surface area contributed by atoms with Crippen LogP contribution in [-0.4, -0.2) is 17.6 Å². The summed E-state index contributed by atoms with van der Waals surface area (Å²) in [5, 5.41) is 0. The molecule has 1 aromatic heterocycles. The topological polar surface area (TPSA) is 16.1 Å². The summed E-state index contributed by atoms with van der Waals surface area (Å²) in [5.74, 6) is 1.31. The highest BCUT2D eigenvalue weighted by molar-refractivity contribution is 6.17. The molecule has 2 heterocycles. The van der Waals surface area contributed by atoms with Crippen molar-refractivity contribution in [1.29, 1.82) is 0 Å². The Morgan fingerprint density at radius 1 is 1.50 bits per heavy atom. The first-order chi connectivity index (χ1) is 7.61. The lowest BCUT2D eigenvalue weighted by Crippen LogP contribution is -2.27. The normalized spacial score (nSPS) is 25.1. The maximum Gasteiger partial charge on any atom is 0.0509 e. The molecule has 0 N–H and O–H groups in total. The molecule has 0 aromatic carbocycles. The van der Waals surface area contributed by atoms with Gasteiger partial charge in [-0.05, 0) is 32.3 Å². The molecule has 0 radical (unpaired) electrons. The van der Waals surface area contributed by atoms with E-state index in [2.05, 4.69) is 29.8 Å². The highest BCUT2D eigenvalue weighted by Crippen LogP contribution is 2.31. The van der Waals surface area contributed by atoms with Gasteiger partial charge in [-0.25, -0.2) is 0 Å². The summed E-state index contributed by atoms with van der Waals surface area (Å²) >= 11 is 5.98. The molecule has 2 atom stereocenters. The zero-order valence-corrected chi connectivity index (χ0v) is 11.0. The van der Waals surface area contributed by atoms with Crippen molar-refractivity contribution in [3.05, 3.63) is 23.5 Å².